The standard InChI is InChI=1S/C19H10ClF6N3O3/c20-13-7-11(32-19(24,25)26)1-2-14(13)31-15-8-16(18(21,22)23)28-9-12(15)17(30)29-10-3-5-27-6-4-10/h1-9H,(H,27,29,30). The first kappa shape index (κ1) is 23.1. The van der Waals surface area contributed by atoms with Gasteiger partial charge in [-0.1, -0.05) is 11.6 Å². The van der Waals surface area contributed by atoms with Crippen molar-refractivity contribution in [1.29, 1.82) is 0 Å². The summed E-state index contributed by atoms with van der Waals surface area (Å²) in [5, 5.41) is 2.03. The minimum atomic E-state index is -4.98. The van der Waals surface area contributed by atoms with Gasteiger partial charge >= 0.3 is 12.5 Å². The zero-order chi connectivity index (χ0) is 23.5. The van der Waals surface area contributed by atoms with E-state index in [0.29, 0.717) is 18.0 Å². The third kappa shape index (κ3) is 6.00. The quantitative estimate of drug-likeness (QED) is 0.450. The highest BCUT2D eigenvalue weighted by molar-refractivity contribution is 6.32. The molecule has 168 valence electrons. The van der Waals surface area contributed by atoms with Crippen LogP contribution in [0.4, 0.5) is 32.0 Å². The van der Waals surface area contributed by atoms with E-state index in [1.165, 1.54) is 24.5 Å². The van der Waals surface area contributed by atoms with E-state index < -0.39 is 40.7 Å². The van der Waals surface area contributed by atoms with Crippen LogP contribution >= 0.6 is 11.6 Å². The molecule has 2 heterocycles. The Labute approximate surface area is 180 Å². The number of pyridine rings is 2. The topological polar surface area (TPSA) is 73.3 Å². The van der Waals surface area contributed by atoms with Gasteiger partial charge in [0.25, 0.3) is 5.91 Å². The van der Waals surface area contributed by atoms with Crippen LogP contribution in [-0.4, -0.2) is 22.2 Å². The van der Waals surface area contributed by atoms with Gasteiger partial charge in [0.05, 0.1) is 5.02 Å². The Bertz CT molecular complexity index is 1120. The molecule has 1 amide bonds. The van der Waals surface area contributed by atoms with Crippen molar-refractivity contribution >= 4 is 23.2 Å². The van der Waals surface area contributed by atoms with Gasteiger partial charge in [-0.05, 0) is 24.3 Å². The number of halogens is 7. The third-order valence-electron chi connectivity index (χ3n) is 3.70. The van der Waals surface area contributed by atoms with Crippen LogP contribution in [0, 0.1) is 0 Å². The molecule has 0 aliphatic rings. The van der Waals surface area contributed by atoms with Gasteiger partial charge in [0.2, 0.25) is 0 Å². The molecule has 0 spiro atoms. The fourth-order valence-electron chi connectivity index (χ4n) is 2.36. The lowest BCUT2D eigenvalue weighted by Gasteiger charge is -2.15. The van der Waals surface area contributed by atoms with Crippen LogP contribution in [0.3, 0.4) is 0 Å². The predicted molar refractivity (Wildman–Crippen MR) is 99.6 cm³/mol. The summed E-state index contributed by atoms with van der Waals surface area (Å²) in [6, 6.07) is 5.89. The summed E-state index contributed by atoms with van der Waals surface area (Å²) in [7, 11) is 0. The molecule has 0 atom stereocenters. The van der Waals surface area contributed by atoms with Crippen LogP contribution in [0.2, 0.25) is 5.02 Å². The Hall–Kier alpha value is -3.54. The van der Waals surface area contributed by atoms with E-state index in [4.69, 9.17) is 16.3 Å². The normalized spacial score (nSPS) is 11.7. The lowest BCUT2D eigenvalue weighted by atomic mass is 10.2. The molecule has 0 radical (unpaired) electrons. The molecular formula is C19H10ClF6N3O3. The van der Waals surface area contributed by atoms with Gasteiger partial charge in [-0.3, -0.25) is 14.8 Å². The van der Waals surface area contributed by atoms with Crippen LogP contribution in [0.25, 0.3) is 0 Å². The van der Waals surface area contributed by atoms with Gasteiger partial charge in [-0.25, -0.2) is 0 Å². The van der Waals surface area contributed by atoms with Crippen LogP contribution in [0.5, 0.6) is 17.2 Å². The lowest BCUT2D eigenvalue weighted by molar-refractivity contribution is -0.274. The second-order valence-corrected chi connectivity index (χ2v) is 6.40. The van der Waals surface area contributed by atoms with Gasteiger partial charge in [0.1, 0.15) is 28.5 Å². The van der Waals surface area contributed by atoms with Gasteiger partial charge in [-0.2, -0.15) is 13.2 Å². The van der Waals surface area contributed by atoms with Crippen molar-refractivity contribution in [1.82, 2.24) is 9.97 Å². The molecule has 0 bridgehead atoms. The van der Waals surface area contributed by atoms with Crippen LogP contribution in [0.1, 0.15) is 16.1 Å². The molecule has 0 aliphatic carbocycles. The minimum absolute atomic E-state index is 0.294. The highest BCUT2D eigenvalue weighted by atomic mass is 35.5. The largest absolute Gasteiger partial charge is 0.573 e. The number of hydrogen-bond donors (Lipinski definition) is 1. The second-order valence-electron chi connectivity index (χ2n) is 6.00. The van der Waals surface area contributed by atoms with E-state index in [9.17, 15) is 31.1 Å². The monoisotopic (exact) mass is 477 g/mol. The van der Waals surface area contributed by atoms with E-state index in [-0.39, 0.29) is 11.3 Å². The Morgan fingerprint density at radius 3 is 2.25 bits per heavy atom. The van der Waals surface area contributed by atoms with Crippen molar-refractivity contribution < 1.29 is 40.6 Å². The van der Waals surface area contributed by atoms with E-state index in [0.717, 1.165) is 18.2 Å². The maximum atomic E-state index is 13.1. The van der Waals surface area contributed by atoms with E-state index in [1.807, 2.05) is 0 Å². The number of amides is 1. The van der Waals surface area contributed by atoms with E-state index in [2.05, 4.69) is 20.0 Å². The molecule has 0 saturated carbocycles. The summed E-state index contributed by atoms with van der Waals surface area (Å²) in [5.41, 5.74) is -1.45. The number of nitrogens with one attached hydrogen (secondary N) is 1. The van der Waals surface area contributed by atoms with Gasteiger partial charge in [0.15, 0.2) is 0 Å². The Balaban J connectivity index is 1.95. The molecule has 1 aromatic carbocycles. The summed E-state index contributed by atoms with van der Waals surface area (Å²) < 4.78 is 85.4. The number of rotatable bonds is 5. The zero-order valence-electron chi connectivity index (χ0n) is 15.5. The maximum absolute atomic E-state index is 13.1. The molecule has 0 unspecified atom stereocenters. The summed E-state index contributed by atoms with van der Waals surface area (Å²) in [6.07, 6.45) is -6.42. The molecule has 13 heteroatoms. The van der Waals surface area contributed by atoms with E-state index in [1.54, 1.807) is 0 Å². The molecule has 0 aliphatic heterocycles. The van der Waals surface area contributed by atoms with Crippen molar-refractivity contribution in [3.05, 3.63) is 71.3 Å². The van der Waals surface area contributed by atoms with Crippen LogP contribution < -0.4 is 14.8 Å². The molecular weight excluding hydrogens is 468 g/mol. The van der Waals surface area contributed by atoms with Crippen molar-refractivity contribution in [3.8, 4) is 17.2 Å². The van der Waals surface area contributed by atoms with Crippen LogP contribution in [0.15, 0.2) is 55.0 Å². The van der Waals surface area contributed by atoms with Crippen molar-refractivity contribution in [3.63, 3.8) is 0 Å². The van der Waals surface area contributed by atoms with Gasteiger partial charge in [-0.15, -0.1) is 13.2 Å². The molecule has 2 aromatic heterocycles. The summed E-state index contributed by atoms with van der Waals surface area (Å²) >= 11 is 5.88. The lowest BCUT2D eigenvalue weighted by Crippen LogP contribution is -2.17. The molecule has 32 heavy (non-hydrogen) atoms. The molecule has 1 N–H and O–H groups in total. The fourth-order valence-corrected chi connectivity index (χ4v) is 2.57. The Kier molecular flexibility index (Phi) is 6.44. The van der Waals surface area contributed by atoms with Crippen LogP contribution in [-0.2, 0) is 6.18 Å². The number of hydrogen-bond acceptors (Lipinski definition) is 5. The summed E-state index contributed by atoms with van der Waals surface area (Å²) in [6.45, 7) is 0. The Morgan fingerprint density at radius 2 is 1.66 bits per heavy atom. The average molecular weight is 478 g/mol. The number of ether oxygens (including phenoxy) is 2. The number of aromatic nitrogens is 2. The van der Waals surface area contributed by atoms with Crippen molar-refractivity contribution in [2.24, 2.45) is 0 Å². The SMILES string of the molecule is O=C(Nc1ccncc1)c1cnc(C(F)(F)F)cc1Oc1ccc(OC(F)(F)F)cc1Cl. The first-order valence-corrected chi connectivity index (χ1v) is 8.82. The maximum Gasteiger partial charge on any atom is 0.573 e. The van der Waals surface area contributed by atoms with E-state index >= 15 is 0 Å². The molecule has 6 nitrogen and oxygen atoms in total. The second kappa shape index (κ2) is 8.91. The summed E-state index contributed by atoms with van der Waals surface area (Å²) in [4.78, 5) is 19.6. The third-order valence-corrected chi connectivity index (χ3v) is 3.99. The molecule has 0 fully saturated rings. The number of alkyl halides is 6. The molecule has 0 saturated heterocycles. The smallest absolute Gasteiger partial charge is 0.455 e. The number of carbonyl (C=O) groups excluding carboxylic acids is 1. The zero-order valence-corrected chi connectivity index (χ0v) is 16.2. The molecule has 3 rings (SSSR count). The Morgan fingerprint density at radius 1 is 0.969 bits per heavy atom. The highest BCUT2D eigenvalue weighted by Gasteiger charge is 2.34. The molecule has 3 aromatic rings. The number of nitrogens with zero attached hydrogens (tertiary/aromatic N) is 2. The van der Waals surface area contributed by atoms with Gasteiger partial charge in [0, 0.05) is 36.4 Å². The highest BCUT2D eigenvalue weighted by Crippen LogP contribution is 2.37. The van der Waals surface area contributed by atoms with Crippen molar-refractivity contribution in [2.45, 2.75) is 12.5 Å². The van der Waals surface area contributed by atoms with Gasteiger partial charge < -0.3 is 14.8 Å². The summed E-state index contributed by atoms with van der Waals surface area (Å²) in [5.74, 6) is -2.43. The minimum Gasteiger partial charge on any atom is -0.455 e. The first-order valence-electron chi connectivity index (χ1n) is 8.44. The number of benzene rings is 1. The van der Waals surface area contributed by atoms with Crippen molar-refractivity contribution in [2.75, 3.05) is 5.32 Å². The predicted octanol–water partition coefficient (Wildman–Crippen LogP) is 6.09. The first-order chi connectivity index (χ1) is 14.9. The number of carbonyl (C=O) groups is 1. The number of anilines is 1. The fraction of sp³-hybridized carbons (Fsp3) is 0.105. The average Bonchev–Trinajstić information content (AvgIpc) is 2.69.